The van der Waals surface area contributed by atoms with Crippen molar-refractivity contribution >= 4 is 29.3 Å². The molecule has 1 aliphatic heterocycles. The number of hydrogen-bond acceptors (Lipinski definition) is 6. The van der Waals surface area contributed by atoms with Crippen molar-refractivity contribution in [1.29, 1.82) is 0 Å². The first-order valence-electron chi connectivity index (χ1n) is 12.0. The molecule has 35 heavy (non-hydrogen) atoms. The second-order valence-corrected chi connectivity index (χ2v) is 10.6. The van der Waals surface area contributed by atoms with Crippen LogP contribution in [0.25, 0.3) is 5.65 Å². The van der Waals surface area contributed by atoms with Crippen LogP contribution in [0.3, 0.4) is 0 Å². The minimum atomic E-state index is -0.570. The summed E-state index contributed by atoms with van der Waals surface area (Å²) in [7, 11) is 0. The molecule has 2 fully saturated rings. The van der Waals surface area contributed by atoms with E-state index in [9.17, 15) is 18.7 Å². The third-order valence-corrected chi connectivity index (χ3v) is 8.10. The molecule has 7 nitrogen and oxygen atoms in total. The SMILES string of the molecule is CC1(O)CCC(CSNC(=O)c2cnn3ccc(N4CCC[C@@H]4c4cc(F)ccc4F)nc23)CC1. The summed E-state index contributed by atoms with van der Waals surface area (Å²) in [4.78, 5) is 19.5. The molecule has 1 atom stereocenters. The van der Waals surface area contributed by atoms with Gasteiger partial charge in [0.05, 0.1) is 17.8 Å². The first kappa shape index (κ1) is 24.0. The Labute approximate surface area is 207 Å². The van der Waals surface area contributed by atoms with Gasteiger partial charge in [0.15, 0.2) is 5.65 Å². The van der Waals surface area contributed by atoms with Crippen LogP contribution in [0.4, 0.5) is 14.6 Å². The average molecular weight is 502 g/mol. The number of aliphatic hydroxyl groups is 1. The second kappa shape index (κ2) is 9.73. The standard InChI is InChI=1S/C25H29F2N5O2S/c1-25(34)9-6-16(7-10-25)15-35-30-24(33)19-14-28-32-12-8-22(29-23(19)32)31-11-2-3-21(31)18-13-17(26)4-5-20(18)27/h4-5,8,12-14,16,21,34H,2-3,6-7,9-11,15H2,1H3,(H,30,33)/t16?,21-,25?/m1/s1. The fourth-order valence-corrected chi connectivity index (χ4v) is 5.95. The number of rotatable bonds is 6. The molecule has 5 rings (SSSR count). The van der Waals surface area contributed by atoms with Crippen molar-refractivity contribution in [3.05, 3.63) is 59.4 Å². The molecule has 1 aliphatic carbocycles. The quantitative estimate of drug-likeness (QED) is 0.478. The minimum absolute atomic E-state index is 0.272. The molecular formula is C25H29F2N5O2S. The van der Waals surface area contributed by atoms with Crippen LogP contribution in [0.15, 0.2) is 36.7 Å². The van der Waals surface area contributed by atoms with Crippen LogP contribution < -0.4 is 9.62 Å². The molecule has 0 bridgehead atoms. The zero-order chi connectivity index (χ0) is 24.6. The Bertz CT molecular complexity index is 1220. The van der Waals surface area contributed by atoms with Crippen LogP contribution in [-0.4, -0.2) is 43.5 Å². The van der Waals surface area contributed by atoms with Crippen LogP contribution in [0.1, 0.15) is 67.4 Å². The smallest absolute Gasteiger partial charge is 0.266 e. The zero-order valence-electron chi connectivity index (χ0n) is 19.6. The Balaban J connectivity index is 1.29. The van der Waals surface area contributed by atoms with E-state index in [0.717, 1.165) is 50.0 Å². The van der Waals surface area contributed by atoms with E-state index in [4.69, 9.17) is 4.98 Å². The van der Waals surface area contributed by atoms with Gasteiger partial charge in [0, 0.05) is 24.1 Å². The van der Waals surface area contributed by atoms with Gasteiger partial charge in [-0.15, -0.1) is 0 Å². The summed E-state index contributed by atoms with van der Waals surface area (Å²) in [5.41, 5.74) is 0.522. The number of nitrogens with one attached hydrogen (secondary N) is 1. The van der Waals surface area contributed by atoms with Crippen molar-refractivity contribution in [3.8, 4) is 0 Å². The number of anilines is 1. The summed E-state index contributed by atoms with van der Waals surface area (Å²) in [6.07, 6.45) is 8.19. The normalized spacial score (nSPS) is 24.7. The van der Waals surface area contributed by atoms with Crippen molar-refractivity contribution in [2.75, 3.05) is 17.2 Å². The highest BCUT2D eigenvalue weighted by molar-refractivity contribution is 7.97. The predicted octanol–water partition coefficient (Wildman–Crippen LogP) is 4.67. The molecule has 186 valence electrons. The molecule has 3 aromatic rings. The molecule has 2 aliphatic rings. The average Bonchev–Trinajstić information content (AvgIpc) is 3.48. The second-order valence-electron chi connectivity index (χ2n) is 9.81. The van der Waals surface area contributed by atoms with Crippen LogP contribution in [0.5, 0.6) is 0 Å². The third kappa shape index (κ3) is 5.13. The molecule has 1 aromatic carbocycles. The van der Waals surface area contributed by atoms with Gasteiger partial charge < -0.3 is 10.0 Å². The van der Waals surface area contributed by atoms with E-state index in [1.807, 2.05) is 11.8 Å². The topological polar surface area (TPSA) is 82.8 Å². The molecule has 0 unspecified atom stereocenters. The molecule has 3 heterocycles. The molecule has 1 saturated heterocycles. The fraction of sp³-hybridized carbons (Fsp3) is 0.480. The molecular weight excluding hydrogens is 472 g/mol. The van der Waals surface area contributed by atoms with Crippen molar-refractivity contribution in [2.24, 2.45) is 5.92 Å². The Kier molecular flexibility index (Phi) is 6.67. The highest BCUT2D eigenvalue weighted by Gasteiger charge is 2.31. The Morgan fingerprint density at radius 3 is 2.86 bits per heavy atom. The maximum atomic E-state index is 14.5. The van der Waals surface area contributed by atoms with E-state index in [2.05, 4.69) is 9.82 Å². The summed E-state index contributed by atoms with van der Waals surface area (Å²) in [5, 5.41) is 14.4. The molecule has 1 amide bonds. The van der Waals surface area contributed by atoms with E-state index in [1.54, 1.807) is 16.8 Å². The van der Waals surface area contributed by atoms with Crippen LogP contribution in [0, 0.1) is 17.6 Å². The number of amides is 1. The number of fused-ring (bicyclic) bond motifs is 1. The van der Waals surface area contributed by atoms with Gasteiger partial charge in [0.25, 0.3) is 5.91 Å². The lowest BCUT2D eigenvalue weighted by Gasteiger charge is -2.32. The fourth-order valence-electron chi connectivity index (χ4n) is 5.06. The lowest BCUT2D eigenvalue weighted by atomic mass is 9.81. The van der Waals surface area contributed by atoms with Crippen molar-refractivity contribution in [2.45, 2.75) is 57.1 Å². The van der Waals surface area contributed by atoms with Crippen LogP contribution in [0.2, 0.25) is 0 Å². The summed E-state index contributed by atoms with van der Waals surface area (Å²) in [6, 6.07) is 4.98. The zero-order valence-corrected chi connectivity index (χ0v) is 20.4. The molecule has 10 heteroatoms. The number of aromatic nitrogens is 3. The maximum Gasteiger partial charge on any atom is 0.266 e. The first-order valence-corrected chi connectivity index (χ1v) is 13.0. The van der Waals surface area contributed by atoms with Gasteiger partial charge in [-0.05, 0) is 87.6 Å². The number of carbonyl (C=O) groups excluding carboxylic acids is 1. The van der Waals surface area contributed by atoms with Gasteiger partial charge in [-0.3, -0.25) is 9.52 Å². The largest absolute Gasteiger partial charge is 0.390 e. The Hall–Kier alpha value is -2.72. The van der Waals surface area contributed by atoms with E-state index >= 15 is 0 Å². The van der Waals surface area contributed by atoms with Crippen LogP contribution >= 0.6 is 11.9 Å². The van der Waals surface area contributed by atoms with Gasteiger partial charge in [-0.2, -0.15) is 5.10 Å². The highest BCUT2D eigenvalue weighted by Crippen LogP contribution is 2.37. The lowest BCUT2D eigenvalue weighted by molar-refractivity contribution is 0.0110. The van der Waals surface area contributed by atoms with Crippen molar-refractivity contribution in [1.82, 2.24) is 19.3 Å². The van der Waals surface area contributed by atoms with E-state index in [-0.39, 0.29) is 11.9 Å². The van der Waals surface area contributed by atoms with Gasteiger partial charge >= 0.3 is 0 Å². The summed E-state index contributed by atoms with van der Waals surface area (Å²) in [6.45, 7) is 2.53. The van der Waals surface area contributed by atoms with Gasteiger partial charge in [0.1, 0.15) is 23.0 Å². The van der Waals surface area contributed by atoms with Crippen molar-refractivity contribution in [3.63, 3.8) is 0 Å². The monoisotopic (exact) mass is 501 g/mol. The minimum Gasteiger partial charge on any atom is -0.390 e. The van der Waals surface area contributed by atoms with Gasteiger partial charge in [0.2, 0.25) is 0 Å². The maximum absolute atomic E-state index is 14.5. The molecule has 0 spiro atoms. The van der Waals surface area contributed by atoms with Crippen LogP contribution in [-0.2, 0) is 0 Å². The summed E-state index contributed by atoms with van der Waals surface area (Å²) < 4.78 is 32.7. The highest BCUT2D eigenvalue weighted by atomic mass is 32.2. The molecule has 0 radical (unpaired) electrons. The first-order chi connectivity index (χ1) is 16.8. The number of halogens is 2. The Morgan fingerprint density at radius 2 is 2.06 bits per heavy atom. The number of hydrogen-bond donors (Lipinski definition) is 2. The molecule has 1 saturated carbocycles. The Morgan fingerprint density at radius 1 is 1.26 bits per heavy atom. The summed E-state index contributed by atoms with van der Waals surface area (Å²) >= 11 is 1.37. The van der Waals surface area contributed by atoms with Gasteiger partial charge in [-0.25, -0.2) is 18.3 Å². The number of nitrogens with zero attached hydrogens (tertiary/aromatic N) is 4. The summed E-state index contributed by atoms with van der Waals surface area (Å²) in [5.74, 6) is 0.667. The molecule has 2 N–H and O–H groups in total. The number of carbonyl (C=O) groups is 1. The third-order valence-electron chi connectivity index (χ3n) is 7.13. The predicted molar refractivity (Wildman–Crippen MR) is 131 cm³/mol. The van der Waals surface area contributed by atoms with E-state index < -0.39 is 17.2 Å². The lowest BCUT2D eigenvalue weighted by Crippen LogP contribution is -2.31. The van der Waals surface area contributed by atoms with E-state index in [1.165, 1.54) is 24.2 Å². The number of benzene rings is 1. The van der Waals surface area contributed by atoms with E-state index in [0.29, 0.717) is 41.5 Å². The molecule has 2 aromatic heterocycles. The van der Waals surface area contributed by atoms with Crippen molar-refractivity contribution < 1.29 is 18.7 Å². The van der Waals surface area contributed by atoms with Gasteiger partial charge in [-0.1, -0.05) is 0 Å².